The summed E-state index contributed by atoms with van der Waals surface area (Å²) in [4.78, 5) is 0.231. The molecule has 162 valence electrons. The second-order valence-corrected chi connectivity index (χ2v) is 10.0. The molecular formula is C22H26O6S2. The summed E-state index contributed by atoms with van der Waals surface area (Å²) in [6, 6.07) is 12.9. The number of allylic oxidation sites excluding steroid dienone is 1. The van der Waals surface area contributed by atoms with E-state index in [0.29, 0.717) is 18.4 Å². The van der Waals surface area contributed by atoms with Crippen molar-refractivity contribution < 1.29 is 25.2 Å². The lowest BCUT2D eigenvalue weighted by atomic mass is 10.2. The minimum Gasteiger partial charge on any atom is -0.266 e. The van der Waals surface area contributed by atoms with Crippen molar-refractivity contribution in [2.45, 2.75) is 36.5 Å². The molecule has 0 fully saturated rings. The van der Waals surface area contributed by atoms with E-state index in [1.54, 1.807) is 36.4 Å². The van der Waals surface area contributed by atoms with Crippen LogP contribution >= 0.6 is 0 Å². The standard InChI is InChI=1S/C22H26O6S2/c1-18(15-17-28-30(25,26)22-13-9-20(3)10-14-22)6-4-5-16-27-29(23,24)21-11-7-19(2)8-12-21/h4,6-14H,1,5,15-17H2,2-3H3/b6-4+. The van der Waals surface area contributed by atoms with E-state index < -0.39 is 20.2 Å². The van der Waals surface area contributed by atoms with Gasteiger partial charge in [-0.1, -0.05) is 59.7 Å². The smallest absolute Gasteiger partial charge is 0.266 e. The third kappa shape index (κ3) is 7.53. The summed E-state index contributed by atoms with van der Waals surface area (Å²) < 4.78 is 58.4. The van der Waals surface area contributed by atoms with Gasteiger partial charge in [-0.05, 0) is 51.0 Å². The molecule has 2 aromatic carbocycles. The molecule has 0 unspecified atom stereocenters. The van der Waals surface area contributed by atoms with Gasteiger partial charge in [-0.25, -0.2) is 0 Å². The molecule has 0 spiro atoms. The van der Waals surface area contributed by atoms with E-state index >= 15 is 0 Å². The van der Waals surface area contributed by atoms with Crippen LogP contribution in [0.2, 0.25) is 0 Å². The van der Waals surface area contributed by atoms with Gasteiger partial charge in [0, 0.05) is 0 Å². The molecule has 0 saturated carbocycles. The van der Waals surface area contributed by atoms with Gasteiger partial charge in [-0.2, -0.15) is 16.8 Å². The lowest BCUT2D eigenvalue weighted by Crippen LogP contribution is -2.08. The summed E-state index contributed by atoms with van der Waals surface area (Å²) in [5.74, 6) is 0. The lowest BCUT2D eigenvalue weighted by Gasteiger charge is -2.06. The van der Waals surface area contributed by atoms with Gasteiger partial charge in [-0.3, -0.25) is 8.37 Å². The summed E-state index contributed by atoms with van der Waals surface area (Å²) >= 11 is 0. The molecule has 0 radical (unpaired) electrons. The Bertz CT molecular complexity index is 1080. The molecule has 0 aliphatic rings. The number of hydrogen-bond acceptors (Lipinski definition) is 6. The molecule has 0 aromatic heterocycles. The van der Waals surface area contributed by atoms with Crippen molar-refractivity contribution in [3.63, 3.8) is 0 Å². The van der Waals surface area contributed by atoms with Crippen molar-refractivity contribution >= 4 is 20.2 Å². The fraction of sp³-hybridized carbons (Fsp3) is 0.273. The monoisotopic (exact) mass is 450 g/mol. The van der Waals surface area contributed by atoms with E-state index in [4.69, 9.17) is 8.37 Å². The first-order valence-corrected chi connectivity index (χ1v) is 12.2. The van der Waals surface area contributed by atoms with E-state index in [1.165, 1.54) is 24.3 Å². The molecule has 0 aliphatic heterocycles. The van der Waals surface area contributed by atoms with E-state index in [0.717, 1.165) is 11.1 Å². The largest absolute Gasteiger partial charge is 0.296 e. The maximum absolute atomic E-state index is 12.1. The molecule has 0 atom stereocenters. The quantitative estimate of drug-likeness (QED) is 0.288. The average Bonchev–Trinajstić information content (AvgIpc) is 2.68. The Morgan fingerprint density at radius 2 is 1.23 bits per heavy atom. The van der Waals surface area contributed by atoms with Crippen LogP contribution in [0.3, 0.4) is 0 Å². The first kappa shape index (κ1) is 24.0. The van der Waals surface area contributed by atoms with Crippen LogP contribution in [0.25, 0.3) is 0 Å². The van der Waals surface area contributed by atoms with Gasteiger partial charge in [0.15, 0.2) is 0 Å². The van der Waals surface area contributed by atoms with Crippen molar-refractivity contribution in [3.05, 3.63) is 84.0 Å². The Morgan fingerprint density at radius 1 is 0.800 bits per heavy atom. The Kier molecular flexibility index (Phi) is 8.54. The normalized spacial score (nSPS) is 12.3. The fourth-order valence-corrected chi connectivity index (χ4v) is 4.22. The topological polar surface area (TPSA) is 86.7 Å². The molecule has 2 aromatic rings. The molecule has 2 rings (SSSR count). The van der Waals surface area contributed by atoms with Gasteiger partial charge < -0.3 is 0 Å². The second kappa shape index (κ2) is 10.7. The van der Waals surface area contributed by atoms with E-state index in [-0.39, 0.29) is 23.0 Å². The average molecular weight is 451 g/mol. The zero-order valence-electron chi connectivity index (χ0n) is 17.1. The minimum atomic E-state index is -3.80. The van der Waals surface area contributed by atoms with Gasteiger partial charge in [-0.15, -0.1) is 0 Å². The van der Waals surface area contributed by atoms with Crippen LogP contribution < -0.4 is 0 Å². The highest BCUT2D eigenvalue weighted by Gasteiger charge is 2.15. The van der Waals surface area contributed by atoms with E-state index in [2.05, 4.69) is 6.58 Å². The van der Waals surface area contributed by atoms with Gasteiger partial charge in [0.1, 0.15) is 0 Å². The molecule has 0 N–H and O–H groups in total. The highest BCUT2D eigenvalue weighted by Crippen LogP contribution is 2.15. The van der Waals surface area contributed by atoms with Gasteiger partial charge in [0.25, 0.3) is 20.2 Å². The minimum absolute atomic E-state index is 0.00169. The molecule has 6 nitrogen and oxygen atoms in total. The van der Waals surface area contributed by atoms with Crippen LogP contribution in [-0.2, 0) is 28.6 Å². The summed E-state index contributed by atoms with van der Waals surface area (Å²) in [5.41, 5.74) is 2.59. The predicted molar refractivity (Wildman–Crippen MR) is 116 cm³/mol. The van der Waals surface area contributed by atoms with Crippen LogP contribution in [0.1, 0.15) is 24.0 Å². The molecule has 8 heteroatoms. The van der Waals surface area contributed by atoms with Crippen LogP contribution in [0.15, 0.2) is 82.6 Å². The van der Waals surface area contributed by atoms with Gasteiger partial charge in [0.05, 0.1) is 23.0 Å². The van der Waals surface area contributed by atoms with Crippen LogP contribution in [0.5, 0.6) is 0 Å². The second-order valence-electron chi connectivity index (χ2n) is 6.78. The summed E-state index contributed by atoms with van der Waals surface area (Å²) in [6.07, 6.45) is 4.11. The van der Waals surface area contributed by atoms with E-state index in [1.807, 2.05) is 13.8 Å². The number of aryl methyl sites for hydroxylation is 2. The van der Waals surface area contributed by atoms with Crippen LogP contribution in [-0.4, -0.2) is 30.0 Å². The van der Waals surface area contributed by atoms with Gasteiger partial charge in [0.2, 0.25) is 0 Å². The molecule has 0 bridgehead atoms. The third-order valence-electron chi connectivity index (χ3n) is 4.16. The first-order valence-electron chi connectivity index (χ1n) is 9.37. The molecular weight excluding hydrogens is 424 g/mol. The Morgan fingerprint density at radius 3 is 1.70 bits per heavy atom. The SMILES string of the molecule is C=C(/C=C/CCOS(=O)(=O)c1ccc(C)cc1)CCOS(=O)(=O)c1ccc(C)cc1. The zero-order chi connectivity index (χ0) is 22.2. The highest BCUT2D eigenvalue weighted by molar-refractivity contribution is 7.87. The molecule has 30 heavy (non-hydrogen) atoms. The van der Waals surface area contributed by atoms with Crippen molar-refractivity contribution in [1.29, 1.82) is 0 Å². The van der Waals surface area contributed by atoms with Crippen molar-refractivity contribution in [2.24, 2.45) is 0 Å². The summed E-state index contributed by atoms with van der Waals surface area (Å²) in [7, 11) is -7.58. The summed E-state index contributed by atoms with van der Waals surface area (Å²) in [6.45, 7) is 7.55. The molecule has 0 heterocycles. The van der Waals surface area contributed by atoms with E-state index in [9.17, 15) is 16.8 Å². The molecule has 0 saturated heterocycles. The van der Waals surface area contributed by atoms with Crippen LogP contribution in [0, 0.1) is 13.8 Å². The third-order valence-corrected chi connectivity index (χ3v) is 6.81. The molecule has 0 aliphatic carbocycles. The lowest BCUT2D eigenvalue weighted by molar-refractivity contribution is 0.323. The number of benzene rings is 2. The number of rotatable bonds is 11. The first-order chi connectivity index (χ1) is 14.1. The predicted octanol–water partition coefficient (Wildman–Crippen LogP) is 4.31. The Labute approximate surface area is 179 Å². The number of hydrogen-bond donors (Lipinski definition) is 0. The van der Waals surface area contributed by atoms with Crippen molar-refractivity contribution in [3.8, 4) is 0 Å². The highest BCUT2D eigenvalue weighted by atomic mass is 32.2. The zero-order valence-corrected chi connectivity index (χ0v) is 18.7. The molecule has 0 amide bonds. The maximum atomic E-state index is 12.1. The van der Waals surface area contributed by atoms with Crippen molar-refractivity contribution in [2.75, 3.05) is 13.2 Å². The van der Waals surface area contributed by atoms with Crippen LogP contribution in [0.4, 0.5) is 0 Å². The Hall–Kier alpha value is -2.26. The maximum Gasteiger partial charge on any atom is 0.296 e. The summed E-state index contributed by atoms with van der Waals surface area (Å²) in [5, 5.41) is 0. The fourth-order valence-electron chi connectivity index (χ4n) is 2.39. The Balaban J connectivity index is 1.72. The van der Waals surface area contributed by atoms with Crippen molar-refractivity contribution in [1.82, 2.24) is 0 Å². The van der Waals surface area contributed by atoms with Gasteiger partial charge >= 0.3 is 0 Å².